The lowest BCUT2D eigenvalue weighted by Gasteiger charge is -2.10. The third-order valence-corrected chi connectivity index (χ3v) is 5.07. The first-order valence-corrected chi connectivity index (χ1v) is 9.54. The predicted molar refractivity (Wildman–Crippen MR) is 116 cm³/mol. The number of aromatic hydroxyl groups is 1. The Bertz CT molecular complexity index is 1290. The Hall–Kier alpha value is -4.47. The molecule has 0 saturated carbocycles. The molecular formula is C18H13BrN4O11. The number of pyridine rings is 1. The molecule has 0 spiro atoms. The summed E-state index contributed by atoms with van der Waals surface area (Å²) in [6, 6.07) is 0.902. The Morgan fingerprint density at radius 2 is 1.65 bits per heavy atom. The summed E-state index contributed by atoms with van der Waals surface area (Å²) >= 11 is 2.79. The molecule has 34 heavy (non-hydrogen) atoms. The van der Waals surface area contributed by atoms with Crippen molar-refractivity contribution in [2.75, 3.05) is 14.2 Å². The zero-order valence-corrected chi connectivity index (χ0v) is 19.0. The maximum Gasteiger partial charge on any atom is 0.356 e. The fourth-order valence-corrected chi connectivity index (χ4v) is 3.39. The molecule has 16 heteroatoms. The highest BCUT2D eigenvalue weighted by Crippen LogP contribution is 2.50. The highest BCUT2D eigenvalue weighted by atomic mass is 79.9. The van der Waals surface area contributed by atoms with Crippen LogP contribution in [-0.2, 0) is 4.74 Å². The Morgan fingerprint density at radius 3 is 2.12 bits per heavy atom. The molecule has 15 nitrogen and oxygen atoms in total. The normalized spacial score (nSPS) is 10.7. The number of methoxy groups -OCH3 is 2. The van der Waals surface area contributed by atoms with Crippen molar-refractivity contribution in [3.63, 3.8) is 0 Å². The van der Waals surface area contributed by atoms with Gasteiger partial charge in [-0.15, -0.1) is 0 Å². The number of rotatable bonds is 8. The molecule has 0 aliphatic heterocycles. The first kappa shape index (κ1) is 25.8. The number of nitro benzene ring substituents is 2. The smallest absolute Gasteiger partial charge is 0.356 e. The minimum absolute atomic E-state index is 0.0351. The molecule has 178 valence electrons. The van der Waals surface area contributed by atoms with E-state index in [2.05, 4.69) is 25.7 Å². The number of halogens is 1. The molecule has 0 amide bonds. The van der Waals surface area contributed by atoms with Gasteiger partial charge in [0.1, 0.15) is 10.0 Å². The van der Waals surface area contributed by atoms with Gasteiger partial charge in [0.05, 0.1) is 29.0 Å². The minimum Gasteiger partial charge on any atom is -0.501 e. The van der Waals surface area contributed by atoms with Gasteiger partial charge >= 0.3 is 17.3 Å². The molecule has 0 aliphatic carbocycles. The summed E-state index contributed by atoms with van der Waals surface area (Å²) < 4.78 is 8.90. The number of ketones is 1. The average molecular weight is 541 g/mol. The summed E-state index contributed by atoms with van der Waals surface area (Å²) in [5.41, 5.74) is -4.91. The first-order chi connectivity index (χ1) is 15.9. The van der Waals surface area contributed by atoms with Crippen molar-refractivity contribution in [1.29, 1.82) is 0 Å². The maximum absolute atomic E-state index is 12.7. The number of aromatic nitrogens is 1. The molecule has 2 aromatic rings. The molecule has 0 unspecified atom stereocenters. The van der Waals surface area contributed by atoms with Crippen molar-refractivity contribution in [3.05, 3.63) is 69.5 Å². The highest BCUT2D eigenvalue weighted by molar-refractivity contribution is 9.10. The van der Waals surface area contributed by atoms with Crippen molar-refractivity contribution < 1.29 is 38.9 Å². The second-order valence-electron chi connectivity index (χ2n) is 6.29. The maximum atomic E-state index is 12.7. The van der Waals surface area contributed by atoms with Gasteiger partial charge in [-0.05, 0) is 40.6 Å². The molecule has 0 saturated heterocycles. The molecule has 1 aromatic carbocycles. The van der Waals surface area contributed by atoms with Gasteiger partial charge in [0.2, 0.25) is 17.3 Å². The number of nitrogens with zero attached hydrogens (tertiary/aromatic N) is 4. The molecule has 0 atom stereocenters. The predicted octanol–water partition coefficient (Wildman–Crippen LogP) is 3.27. The second-order valence-corrected chi connectivity index (χ2v) is 7.08. The van der Waals surface area contributed by atoms with Crippen LogP contribution in [0.5, 0.6) is 11.5 Å². The molecule has 0 aliphatic rings. The minimum atomic E-state index is -1.22. The number of phenols is 1. The summed E-state index contributed by atoms with van der Waals surface area (Å²) in [6.45, 7) is 1.32. The summed E-state index contributed by atoms with van der Waals surface area (Å²) in [5, 5.41) is 44.7. The number of esters is 1. The molecule has 0 fully saturated rings. The van der Waals surface area contributed by atoms with Crippen LogP contribution < -0.4 is 4.74 Å². The third kappa shape index (κ3) is 4.65. The molecule has 1 aromatic heterocycles. The zero-order valence-electron chi connectivity index (χ0n) is 17.4. The lowest BCUT2D eigenvalue weighted by Crippen LogP contribution is -2.13. The van der Waals surface area contributed by atoms with Crippen molar-refractivity contribution in [2.45, 2.75) is 6.92 Å². The van der Waals surface area contributed by atoms with Crippen LogP contribution in [0, 0.1) is 37.3 Å². The standard InChI is InChI=1S/C18H13BrN4O11/c1-7-6-9(21(27)28)13(20-12(7)18(26)34-3)10(24)5-4-8-14(22(29)30)16(25)11(19)17(33-2)15(8)23(31)32/h4-6,25H,1-3H3. The Labute approximate surface area is 197 Å². The number of phenolic OH excluding ortho intramolecular Hbond substituents is 1. The van der Waals surface area contributed by atoms with E-state index in [1.54, 1.807) is 0 Å². The topological polar surface area (TPSA) is 215 Å². The number of ether oxygens (including phenoxy) is 2. The molecule has 1 heterocycles. The number of allylic oxidation sites excluding steroid dienone is 1. The van der Waals surface area contributed by atoms with Crippen molar-refractivity contribution >= 4 is 50.8 Å². The van der Waals surface area contributed by atoms with Gasteiger partial charge in [-0.3, -0.25) is 35.1 Å². The van der Waals surface area contributed by atoms with Gasteiger partial charge in [-0.25, -0.2) is 9.78 Å². The largest absolute Gasteiger partial charge is 0.501 e. The van der Waals surface area contributed by atoms with Crippen LogP contribution in [0.2, 0.25) is 0 Å². The number of hydrogen-bond acceptors (Lipinski definition) is 12. The number of carbonyl (C=O) groups is 2. The molecular weight excluding hydrogens is 528 g/mol. The van der Waals surface area contributed by atoms with Crippen LogP contribution in [0.3, 0.4) is 0 Å². The van der Waals surface area contributed by atoms with Gasteiger partial charge in [0.15, 0.2) is 11.4 Å². The van der Waals surface area contributed by atoms with Crippen LogP contribution in [-0.4, -0.2) is 50.8 Å². The van der Waals surface area contributed by atoms with Crippen LogP contribution >= 0.6 is 15.9 Å². The molecule has 2 rings (SSSR count). The van der Waals surface area contributed by atoms with E-state index >= 15 is 0 Å². The highest BCUT2D eigenvalue weighted by Gasteiger charge is 2.36. The van der Waals surface area contributed by atoms with Gasteiger partial charge in [0.25, 0.3) is 5.69 Å². The number of carbonyl (C=O) groups excluding carboxylic acids is 2. The van der Waals surface area contributed by atoms with Crippen molar-refractivity contribution in [2.24, 2.45) is 0 Å². The van der Waals surface area contributed by atoms with Crippen molar-refractivity contribution in [3.8, 4) is 11.5 Å². The fourth-order valence-electron chi connectivity index (χ4n) is 2.85. The van der Waals surface area contributed by atoms with Crippen LogP contribution in [0.4, 0.5) is 17.1 Å². The Morgan fingerprint density at radius 1 is 1.06 bits per heavy atom. The molecule has 1 N–H and O–H groups in total. The SMILES string of the molecule is COC(=O)c1nc(C(=O)C=Cc2c([N+](=O)[O-])c(O)c(Br)c(OC)c2[N+](=O)[O-])c([N+](=O)[O-])cc1C. The summed E-state index contributed by atoms with van der Waals surface area (Å²) in [4.78, 5) is 59.7. The summed E-state index contributed by atoms with van der Waals surface area (Å²) in [7, 11) is 2.03. The van der Waals surface area contributed by atoms with Gasteiger partial charge in [-0.2, -0.15) is 0 Å². The fraction of sp³-hybridized carbons (Fsp3) is 0.167. The summed E-state index contributed by atoms with van der Waals surface area (Å²) in [5.74, 6) is -3.80. The first-order valence-electron chi connectivity index (χ1n) is 8.75. The number of hydrogen-bond donors (Lipinski definition) is 1. The average Bonchev–Trinajstić information content (AvgIpc) is 2.77. The van der Waals surface area contributed by atoms with E-state index in [4.69, 9.17) is 4.74 Å². The number of aryl methyl sites for hydroxylation is 1. The van der Waals surface area contributed by atoms with Gasteiger partial charge in [-0.1, -0.05) is 0 Å². The van der Waals surface area contributed by atoms with E-state index in [0.717, 1.165) is 20.3 Å². The van der Waals surface area contributed by atoms with Gasteiger partial charge < -0.3 is 14.6 Å². The van der Waals surface area contributed by atoms with Gasteiger partial charge in [0, 0.05) is 6.07 Å². The van der Waals surface area contributed by atoms with Crippen LogP contribution in [0.1, 0.15) is 32.1 Å². The van der Waals surface area contributed by atoms with E-state index in [9.17, 15) is 45.0 Å². The van der Waals surface area contributed by atoms with E-state index in [1.807, 2.05) is 0 Å². The van der Waals surface area contributed by atoms with Crippen molar-refractivity contribution in [1.82, 2.24) is 4.98 Å². The third-order valence-electron chi connectivity index (χ3n) is 4.33. The van der Waals surface area contributed by atoms with E-state index in [1.165, 1.54) is 6.92 Å². The lowest BCUT2D eigenvalue weighted by molar-refractivity contribution is -0.395. The lowest BCUT2D eigenvalue weighted by atomic mass is 10.1. The Balaban J connectivity index is 2.80. The van der Waals surface area contributed by atoms with E-state index in [0.29, 0.717) is 12.2 Å². The monoisotopic (exact) mass is 540 g/mol. The zero-order chi connectivity index (χ0) is 25.9. The number of benzene rings is 1. The molecule has 0 radical (unpaired) electrons. The Kier molecular flexibility index (Phi) is 7.57. The van der Waals surface area contributed by atoms with E-state index < -0.39 is 76.5 Å². The number of nitro groups is 3. The second kappa shape index (κ2) is 9.99. The van der Waals surface area contributed by atoms with E-state index in [-0.39, 0.29) is 5.56 Å². The quantitative estimate of drug-likeness (QED) is 0.167. The van der Waals surface area contributed by atoms with Crippen LogP contribution in [0.25, 0.3) is 6.08 Å². The summed E-state index contributed by atoms with van der Waals surface area (Å²) in [6.07, 6.45) is 1.14. The molecule has 0 bridgehead atoms. The van der Waals surface area contributed by atoms with Crippen LogP contribution in [0.15, 0.2) is 16.6 Å².